The summed E-state index contributed by atoms with van der Waals surface area (Å²) >= 11 is 4.92. The van der Waals surface area contributed by atoms with Gasteiger partial charge in [-0.2, -0.15) is 16.3 Å². The summed E-state index contributed by atoms with van der Waals surface area (Å²) in [7, 11) is 0. The highest BCUT2D eigenvalue weighted by Gasteiger charge is 2.30. The normalized spacial score (nSPS) is 14.2. The zero-order valence-electron chi connectivity index (χ0n) is 13.0. The molecule has 0 aromatic carbocycles. The number of nitrogens with zero attached hydrogens (tertiary/aromatic N) is 5. The Balaban J connectivity index is 1.36. The van der Waals surface area contributed by atoms with Crippen molar-refractivity contribution in [3.05, 3.63) is 40.2 Å². The third-order valence-corrected chi connectivity index (χ3v) is 6.37. The van der Waals surface area contributed by atoms with Crippen molar-refractivity contribution in [1.82, 2.24) is 24.9 Å². The molecule has 1 aliphatic rings. The molecule has 0 saturated heterocycles. The van der Waals surface area contributed by atoms with Gasteiger partial charge in [0.05, 0.1) is 16.2 Å². The number of rotatable bonds is 6. The van der Waals surface area contributed by atoms with Gasteiger partial charge in [0.25, 0.3) is 5.89 Å². The Hall–Kier alpha value is -1.97. The van der Waals surface area contributed by atoms with Gasteiger partial charge in [0.2, 0.25) is 0 Å². The van der Waals surface area contributed by atoms with Crippen LogP contribution in [0.5, 0.6) is 0 Å². The lowest BCUT2D eigenvalue weighted by atomic mass is 10.3. The fraction of sp³-hybridized carbons (Fsp3) is 0.250. The molecule has 0 bridgehead atoms. The van der Waals surface area contributed by atoms with E-state index in [0.29, 0.717) is 23.5 Å². The standard InChI is InChI=1S/C16H13N5OS3/c1-2-12(24-6-1)14-18-19-16(21(14)11-3-4-11)25-9-13-17-15(22-20-13)10-5-7-23-8-10/h1-2,5-8,11H,3-4,9H2. The first kappa shape index (κ1) is 15.3. The van der Waals surface area contributed by atoms with Crippen LogP contribution in [0.2, 0.25) is 0 Å². The molecule has 4 aromatic rings. The Morgan fingerprint density at radius 2 is 2.20 bits per heavy atom. The lowest BCUT2D eigenvalue weighted by molar-refractivity contribution is 0.425. The zero-order chi connectivity index (χ0) is 16.6. The van der Waals surface area contributed by atoms with Gasteiger partial charge in [-0.05, 0) is 35.7 Å². The summed E-state index contributed by atoms with van der Waals surface area (Å²) in [6.07, 6.45) is 2.38. The van der Waals surface area contributed by atoms with E-state index in [-0.39, 0.29) is 0 Å². The molecule has 1 fully saturated rings. The van der Waals surface area contributed by atoms with Crippen molar-refractivity contribution in [3.63, 3.8) is 0 Å². The molecule has 0 radical (unpaired) electrons. The Kier molecular flexibility index (Phi) is 3.91. The van der Waals surface area contributed by atoms with Gasteiger partial charge in [-0.15, -0.1) is 21.5 Å². The van der Waals surface area contributed by atoms with E-state index in [9.17, 15) is 0 Å². The molecule has 1 saturated carbocycles. The molecule has 1 aliphatic carbocycles. The maximum absolute atomic E-state index is 5.34. The van der Waals surface area contributed by atoms with Crippen LogP contribution in [0, 0.1) is 0 Å². The minimum atomic E-state index is 0.515. The van der Waals surface area contributed by atoms with Crippen molar-refractivity contribution < 1.29 is 4.52 Å². The fourth-order valence-corrected chi connectivity index (χ4v) is 4.74. The Morgan fingerprint density at radius 1 is 1.24 bits per heavy atom. The van der Waals surface area contributed by atoms with Gasteiger partial charge in [0.1, 0.15) is 0 Å². The molecule has 0 N–H and O–H groups in total. The molecule has 25 heavy (non-hydrogen) atoms. The largest absolute Gasteiger partial charge is 0.334 e. The van der Waals surface area contributed by atoms with Gasteiger partial charge < -0.3 is 4.52 Å². The van der Waals surface area contributed by atoms with Gasteiger partial charge in [-0.25, -0.2) is 0 Å². The van der Waals surface area contributed by atoms with Crippen LogP contribution < -0.4 is 0 Å². The predicted molar refractivity (Wildman–Crippen MR) is 98.8 cm³/mol. The fourth-order valence-electron chi connectivity index (χ4n) is 2.56. The molecule has 5 rings (SSSR count). The first-order valence-electron chi connectivity index (χ1n) is 7.85. The van der Waals surface area contributed by atoms with Crippen molar-refractivity contribution in [2.24, 2.45) is 0 Å². The van der Waals surface area contributed by atoms with Crippen LogP contribution in [0.3, 0.4) is 0 Å². The van der Waals surface area contributed by atoms with Gasteiger partial charge in [-0.3, -0.25) is 4.57 Å². The van der Waals surface area contributed by atoms with E-state index in [0.717, 1.165) is 21.4 Å². The second-order valence-corrected chi connectivity index (χ2v) is 8.37. The quantitative estimate of drug-likeness (QED) is 0.445. The van der Waals surface area contributed by atoms with Gasteiger partial charge in [0.15, 0.2) is 16.8 Å². The molecule has 0 spiro atoms. The van der Waals surface area contributed by atoms with Crippen LogP contribution in [-0.2, 0) is 5.75 Å². The van der Waals surface area contributed by atoms with Crippen LogP contribution in [0.15, 0.2) is 44.0 Å². The molecule has 0 aliphatic heterocycles. The number of aromatic nitrogens is 5. The molecule has 126 valence electrons. The molecule has 9 heteroatoms. The SMILES string of the molecule is c1csc(-c2nnc(SCc3noc(-c4ccsc4)n3)n2C2CC2)c1. The molecule has 0 atom stereocenters. The van der Waals surface area contributed by atoms with E-state index in [1.807, 2.05) is 22.9 Å². The summed E-state index contributed by atoms with van der Waals surface area (Å²) in [6, 6.07) is 6.63. The third-order valence-electron chi connectivity index (χ3n) is 3.88. The summed E-state index contributed by atoms with van der Waals surface area (Å²) in [5, 5.41) is 19.9. The van der Waals surface area contributed by atoms with Crippen molar-refractivity contribution in [3.8, 4) is 22.2 Å². The minimum absolute atomic E-state index is 0.515. The highest BCUT2D eigenvalue weighted by Crippen LogP contribution is 2.42. The highest BCUT2D eigenvalue weighted by molar-refractivity contribution is 7.98. The van der Waals surface area contributed by atoms with Crippen molar-refractivity contribution in [2.75, 3.05) is 0 Å². The van der Waals surface area contributed by atoms with Crippen molar-refractivity contribution >= 4 is 34.4 Å². The summed E-state index contributed by atoms with van der Waals surface area (Å²) in [5.41, 5.74) is 0.967. The van der Waals surface area contributed by atoms with Gasteiger partial charge in [-0.1, -0.05) is 23.0 Å². The third kappa shape index (κ3) is 3.03. The number of thioether (sulfide) groups is 1. The van der Waals surface area contributed by atoms with E-state index in [1.165, 1.54) is 12.8 Å². The van der Waals surface area contributed by atoms with Crippen LogP contribution >= 0.6 is 34.4 Å². The zero-order valence-corrected chi connectivity index (χ0v) is 15.5. The molecule has 4 heterocycles. The summed E-state index contributed by atoms with van der Waals surface area (Å²) < 4.78 is 7.60. The van der Waals surface area contributed by atoms with Crippen LogP contribution in [0.25, 0.3) is 22.2 Å². The molecular weight excluding hydrogens is 374 g/mol. The summed E-state index contributed by atoms with van der Waals surface area (Å²) in [4.78, 5) is 5.63. The van der Waals surface area contributed by atoms with Crippen molar-refractivity contribution in [2.45, 2.75) is 29.8 Å². The first-order valence-corrected chi connectivity index (χ1v) is 10.7. The highest BCUT2D eigenvalue weighted by atomic mass is 32.2. The van der Waals surface area contributed by atoms with Gasteiger partial charge >= 0.3 is 0 Å². The molecule has 4 aromatic heterocycles. The summed E-state index contributed by atoms with van der Waals surface area (Å²) in [5.74, 6) is 2.82. The van der Waals surface area contributed by atoms with E-state index in [2.05, 4.69) is 36.4 Å². The first-order chi connectivity index (χ1) is 12.4. The molecular formula is C16H13N5OS3. The van der Waals surface area contributed by atoms with E-state index < -0.39 is 0 Å². The lowest BCUT2D eigenvalue weighted by Gasteiger charge is -2.06. The maximum Gasteiger partial charge on any atom is 0.258 e. The Bertz CT molecular complexity index is 970. The topological polar surface area (TPSA) is 69.6 Å². The van der Waals surface area contributed by atoms with E-state index >= 15 is 0 Å². The second-order valence-electron chi connectivity index (χ2n) is 5.70. The smallest absolute Gasteiger partial charge is 0.258 e. The number of hydrogen-bond donors (Lipinski definition) is 0. The maximum atomic E-state index is 5.34. The van der Waals surface area contributed by atoms with E-state index in [1.54, 1.807) is 34.4 Å². The summed E-state index contributed by atoms with van der Waals surface area (Å²) in [6.45, 7) is 0. The molecule has 6 nitrogen and oxygen atoms in total. The van der Waals surface area contributed by atoms with Gasteiger partial charge in [0, 0.05) is 11.4 Å². The second kappa shape index (κ2) is 6.40. The number of thiophene rings is 2. The molecule has 0 amide bonds. The average Bonchev–Trinajstić information content (AvgIpc) is 3.16. The minimum Gasteiger partial charge on any atom is -0.334 e. The number of hydrogen-bond acceptors (Lipinski definition) is 8. The predicted octanol–water partition coefficient (Wildman–Crippen LogP) is 4.75. The average molecular weight is 388 g/mol. The Labute approximate surface area is 155 Å². The Morgan fingerprint density at radius 3 is 2.96 bits per heavy atom. The monoisotopic (exact) mass is 387 g/mol. The van der Waals surface area contributed by atoms with Crippen LogP contribution in [0.1, 0.15) is 24.7 Å². The van der Waals surface area contributed by atoms with Crippen LogP contribution in [-0.4, -0.2) is 24.9 Å². The lowest BCUT2D eigenvalue weighted by Crippen LogP contribution is -1.99. The van der Waals surface area contributed by atoms with Crippen molar-refractivity contribution in [1.29, 1.82) is 0 Å². The van der Waals surface area contributed by atoms with Crippen LogP contribution in [0.4, 0.5) is 0 Å². The van der Waals surface area contributed by atoms with E-state index in [4.69, 9.17) is 4.52 Å². The molecule has 0 unspecified atom stereocenters.